The Morgan fingerprint density at radius 1 is 1.07 bits per heavy atom. The zero-order chi connectivity index (χ0) is 19.7. The molecule has 28 heavy (non-hydrogen) atoms. The fourth-order valence-corrected chi connectivity index (χ4v) is 3.48. The SMILES string of the molecule is CNc1cc(-c2cccc(C)c2)n2nc(COC)c(-c3ccc(Cl)cc3)c2n1. The molecule has 0 unspecified atom stereocenters. The Morgan fingerprint density at radius 2 is 1.86 bits per heavy atom. The molecule has 6 heteroatoms. The van der Waals surface area contributed by atoms with E-state index in [0.717, 1.165) is 39.5 Å². The summed E-state index contributed by atoms with van der Waals surface area (Å²) in [4.78, 5) is 4.80. The van der Waals surface area contributed by atoms with E-state index in [4.69, 9.17) is 26.4 Å². The van der Waals surface area contributed by atoms with Crippen molar-refractivity contribution in [1.29, 1.82) is 0 Å². The summed E-state index contributed by atoms with van der Waals surface area (Å²) in [6.07, 6.45) is 0. The molecule has 0 spiro atoms. The maximum absolute atomic E-state index is 6.09. The Labute approximate surface area is 168 Å². The molecule has 2 heterocycles. The van der Waals surface area contributed by atoms with E-state index in [2.05, 4.69) is 36.5 Å². The lowest BCUT2D eigenvalue weighted by atomic mass is 10.1. The molecule has 5 nitrogen and oxygen atoms in total. The van der Waals surface area contributed by atoms with E-state index in [1.54, 1.807) is 7.11 Å². The third-order valence-corrected chi connectivity index (χ3v) is 4.90. The fraction of sp³-hybridized carbons (Fsp3) is 0.182. The topological polar surface area (TPSA) is 51.5 Å². The van der Waals surface area contributed by atoms with E-state index in [0.29, 0.717) is 11.6 Å². The molecule has 2 aromatic heterocycles. The van der Waals surface area contributed by atoms with Gasteiger partial charge in [-0.1, -0.05) is 47.5 Å². The second-order valence-electron chi connectivity index (χ2n) is 6.64. The highest BCUT2D eigenvalue weighted by Gasteiger charge is 2.19. The number of aryl methyl sites for hydroxylation is 1. The van der Waals surface area contributed by atoms with Crippen molar-refractivity contribution in [2.24, 2.45) is 0 Å². The van der Waals surface area contributed by atoms with E-state index >= 15 is 0 Å². The highest BCUT2D eigenvalue weighted by Crippen LogP contribution is 2.33. The molecule has 2 aromatic carbocycles. The number of hydrogen-bond acceptors (Lipinski definition) is 4. The number of aromatic nitrogens is 3. The first-order chi connectivity index (χ1) is 13.6. The maximum Gasteiger partial charge on any atom is 0.166 e. The zero-order valence-electron chi connectivity index (χ0n) is 16.0. The van der Waals surface area contributed by atoms with E-state index in [-0.39, 0.29) is 0 Å². The van der Waals surface area contributed by atoms with E-state index < -0.39 is 0 Å². The number of nitrogens with zero attached hydrogens (tertiary/aromatic N) is 3. The highest BCUT2D eigenvalue weighted by molar-refractivity contribution is 6.30. The molecule has 0 aliphatic carbocycles. The number of rotatable bonds is 5. The summed E-state index contributed by atoms with van der Waals surface area (Å²) in [6, 6.07) is 18.1. The molecule has 142 valence electrons. The Balaban J connectivity index is 2.05. The van der Waals surface area contributed by atoms with Gasteiger partial charge in [-0.2, -0.15) is 5.10 Å². The summed E-state index contributed by atoms with van der Waals surface area (Å²) in [6.45, 7) is 2.48. The van der Waals surface area contributed by atoms with Crippen molar-refractivity contribution in [3.05, 3.63) is 70.9 Å². The highest BCUT2D eigenvalue weighted by atomic mass is 35.5. The maximum atomic E-state index is 6.09. The van der Waals surface area contributed by atoms with E-state index in [9.17, 15) is 0 Å². The molecule has 0 saturated heterocycles. The van der Waals surface area contributed by atoms with Gasteiger partial charge >= 0.3 is 0 Å². The van der Waals surface area contributed by atoms with Gasteiger partial charge in [-0.15, -0.1) is 0 Å². The van der Waals surface area contributed by atoms with E-state index in [1.165, 1.54) is 5.56 Å². The van der Waals surface area contributed by atoms with Crippen LogP contribution in [0.25, 0.3) is 28.0 Å². The average Bonchev–Trinajstić information content (AvgIpc) is 3.06. The summed E-state index contributed by atoms with van der Waals surface area (Å²) < 4.78 is 7.32. The van der Waals surface area contributed by atoms with Gasteiger partial charge in [0.05, 0.1) is 23.6 Å². The lowest BCUT2D eigenvalue weighted by Crippen LogP contribution is -2.01. The van der Waals surface area contributed by atoms with Crippen molar-refractivity contribution >= 4 is 23.1 Å². The van der Waals surface area contributed by atoms with E-state index in [1.807, 2.05) is 41.9 Å². The molecule has 0 aliphatic rings. The predicted molar refractivity (Wildman–Crippen MR) is 114 cm³/mol. The number of fused-ring (bicyclic) bond motifs is 1. The fourth-order valence-electron chi connectivity index (χ4n) is 3.35. The van der Waals surface area contributed by atoms with Crippen molar-refractivity contribution < 1.29 is 4.74 Å². The van der Waals surface area contributed by atoms with Crippen LogP contribution < -0.4 is 5.32 Å². The number of anilines is 1. The molecule has 4 aromatic rings. The summed E-state index contributed by atoms with van der Waals surface area (Å²) in [7, 11) is 3.54. The van der Waals surface area contributed by atoms with Gasteiger partial charge in [-0.25, -0.2) is 9.50 Å². The normalized spacial score (nSPS) is 11.1. The number of nitrogens with one attached hydrogen (secondary N) is 1. The van der Waals surface area contributed by atoms with Gasteiger partial charge in [0.2, 0.25) is 0 Å². The van der Waals surface area contributed by atoms with Crippen LogP contribution in [0.4, 0.5) is 5.82 Å². The van der Waals surface area contributed by atoms with Gasteiger partial charge in [-0.05, 0) is 30.7 Å². The van der Waals surface area contributed by atoms with Crippen molar-refractivity contribution in [1.82, 2.24) is 14.6 Å². The third-order valence-electron chi connectivity index (χ3n) is 4.65. The first-order valence-corrected chi connectivity index (χ1v) is 9.41. The van der Waals surface area contributed by atoms with Crippen LogP contribution >= 0.6 is 11.6 Å². The number of benzene rings is 2. The minimum atomic E-state index is 0.392. The summed E-state index contributed by atoms with van der Waals surface area (Å²) in [5, 5.41) is 8.71. The summed E-state index contributed by atoms with van der Waals surface area (Å²) in [5.74, 6) is 0.781. The number of ether oxygens (including phenoxy) is 1. The van der Waals surface area contributed by atoms with Gasteiger partial charge in [0, 0.05) is 30.8 Å². The number of halogens is 1. The van der Waals surface area contributed by atoms with Gasteiger partial charge in [0.1, 0.15) is 5.82 Å². The van der Waals surface area contributed by atoms with Crippen LogP contribution in [-0.4, -0.2) is 28.8 Å². The minimum Gasteiger partial charge on any atom is -0.378 e. The summed E-state index contributed by atoms with van der Waals surface area (Å²) in [5.41, 5.74) is 6.80. The number of methoxy groups -OCH3 is 1. The van der Waals surface area contributed by atoms with Crippen molar-refractivity contribution in [2.45, 2.75) is 13.5 Å². The van der Waals surface area contributed by atoms with Crippen molar-refractivity contribution in [3.63, 3.8) is 0 Å². The molecular weight excluding hydrogens is 372 g/mol. The molecule has 0 amide bonds. The molecular formula is C22H21ClN4O. The van der Waals surface area contributed by atoms with Crippen LogP contribution in [0, 0.1) is 6.92 Å². The lowest BCUT2D eigenvalue weighted by Gasteiger charge is -2.09. The van der Waals surface area contributed by atoms with Gasteiger partial charge in [-0.3, -0.25) is 0 Å². The smallest absolute Gasteiger partial charge is 0.166 e. The Hall–Kier alpha value is -2.89. The van der Waals surface area contributed by atoms with Crippen LogP contribution in [0.15, 0.2) is 54.6 Å². The lowest BCUT2D eigenvalue weighted by molar-refractivity contribution is 0.181. The predicted octanol–water partition coefficient (Wildman–Crippen LogP) is 5.21. The Bertz CT molecular complexity index is 1140. The van der Waals surface area contributed by atoms with Crippen molar-refractivity contribution in [2.75, 3.05) is 19.5 Å². The van der Waals surface area contributed by atoms with Crippen LogP contribution in [-0.2, 0) is 11.3 Å². The molecule has 0 radical (unpaired) electrons. The molecule has 0 atom stereocenters. The van der Waals surface area contributed by atoms with Gasteiger partial charge in [0.25, 0.3) is 0 Å². The second kappa shape index (κ2) is 7.62. The van der Waals surface area contributed by atoms with Crippen LogP contribution in [0.2, 0.25) is 5.02 Å². The molecule has 0 fully saturated rings. The zero-order valence-corrected chi connectivity index (χ0v) is 16.8. The second-order valence-corrected chi connectivity index (χ2v) is 7.08. The van der Waals surface area contributed by atoms with Gasteiger partial charge < -0.3 is 10.1 Å². The van der Waals surface area contributed by atoms with Gasteiger partial charge in [0.15, 0.2) is 5.65 Å². The first kappa shape index (κ1) is 18.5. The standard InChI is InChI=1S/C22H21ClN4O/c1-14-5-4-6-16(11-14)19-12-20(24-2)25-22-21(15-7-9-17(23)10-8-15)18(13-28-3)26-27(19)22/h4-12H,13H2,1-3H3,(H,24,25). The Morgan fingerprint density at radius 3 is 2.54 bits per heavy atom. The third kappa shape index (κ3) is 3.35. The van der Waals surface area contributed by atoms with Crippen LogP contribution in [0.1, 0.15) is 11.3 Å². The van der Waals surface area contributed by atoms with Crippen molar-refractivity contribution in [3.8, 4) is 22.4 Å². The molecule has 0 saturated carbocycles. The molecule has 0 bridgehead atoms. The van der Waals surface area contributed by atoms with Crippen LogP contribution in [0.5, 0.6) is 0 Å². The monoisotopic (exact) mass is 392 g/mol. The molecule has 0 aliphatic heterocycles. The Kier molecular flexibility index (Phi) is 5.03. The first-order valence-electron chi connectivity index (χ1n) is 9.03. The minimum absolute atomic E-state index is 0.392. The van der Waals surface area contributed by atoms with Crippen LogP contribution in [0.3, 0.4) is 0 Å². The summed E-state index contributed by atoms with van der Waals surface area (Å²) >= 11 is 6.09. The quantitative estimate of drug-likeness (QED) is 0.506. The largest absolute Gasteiger partial charge is 0.378 e. The average molecular weight is 393 g/mol. The number of hydrogen-bond donors (Lipinski definition) is 1. The molecule has 1 N–H and O–H groups in total. The molecule has 4 rings (SSSR count).